The van der Waals surface area contributed by atoms with Gasteiger partial charge in [0.1, 0.15) is 6.04 Å². The van der Waals surface area contributed by atoms with Crippen molar-refractivity contribution in [1.82, 2.24) is 10.2 Å². The van der Waals surface area contributed by atoms with Gasteiger partial charge in [-0.15, -0.1) is 0 Å². The molecule has 1 aromatic rings. The molecule has 0 aliphatic carbocycles. The van der Waals surface area contributed by atoms with Crippen LogP contribution in [0.1, 0.15) is 33.6 Å². The summed E-state index contributed by atoms with van der Waals surface area (Å²) in [4.78, 5) is 54.2. The SMILES string of the molecule is C=NCCOCCOCCOCCOCCNc1cccc2c1C(=O)N(C1CCC(=O)NC1=O)C2=O. The predicted octanol–water partition coefficient (Wildman–Crippen LogP) is 0.267. The molecule has 2 heterocycles. The maximum Gasteiger partial charge on any atom is 0.264 e. The van der Waals surface area contributed by atoms with Crippen molar-refractivity contribution in [3.05, 3.63) is 29.3 Å². The molecular weight excluding hydrogens is 472 g/mol. The average molecular weight is 505 g/mol. The largest absolute Gasteiger partial charge is 0.382 e. The van der Waals surface area contributed by atoms with Gasteiger partial charge >= 0.3 is 0 Å². The van der Waals surface area contributed by atoms with Crippen molar-refractivity contribution < 1.29 is 38.1 Å². The first-order chi connectivity index (χ1) is 17.5. The molecule has 2 aliphatic rings. The molecule has 3 rings (SSSR count). The van der Waals surface area contributed by atoms with Crippen molar-refractivity contribution in [2.75, 3.05) is 71.3 Å². The number of imide groups is 2. The summed E-state index contributed by atoms with van der Waals surface area (Å²) in [5.74, 6) is -2.14. The Labute approximate surface area is 209 Å². The summed E-state index contributed by atoms with van der Waals surface area (Å²) >= 11 is 0. The van der Waals surface area contributed by atoms with E-state index in [9.17, 15) is 19.2 Å². The number of carbonyl (C=O) groups excluding carboxylic acids is 4. The summed E-state index contributed by atoms with van der Waals surface area (Å²) in [5, 5.41) is 5.31. The number of carbonyl (C=O) groups is 4. The van der Waals surface area contributed by atoms with E-state index in [1.807, 2.05) is 0 Å². The highest BCUT2D eigenvalue weighted by molar-refractivity contribution is 6.25. The lowest BCUT2D eigenvalue weighted by Crippen LogP contribution is -2.54. The molecule has 0 aromatic heterocycles. The van der Waals surface area contributed by atoms with Gasteiger partial charge in [0.25, 0.3) is 11.8 Å². The fraction of sp³-hybridized carbons (Fsp3) is 0.542. The van der Waals surface area contributed by atoms with Gasteiger partial charge in [-0.1, -0.05) is 6.07 Å². The molecular formula is C24H32N4O8. The zero-order valence-electron chi connectivity index (χ0n) is 20.2. The topological polar surface area (TPSA) is 145 Å². The molecule has 0 bridgehead atoms. The molecule has 1 atom stereocenters. The zero-order valence-corrected chi connectivity index (χ0v) is 20.2. The van der Waals surface area contributed by atoms with Crippen LogP contribution in [0.25, 0.3) is 0 Å². The van der Waals surface area contributed by atoms with Crippen molar-refractivity contribution in [3.63, 3.8) is 0 Å². The zero-order chi connectivity index (χ0) is 25.8. The van der Waals surface area contributed by atoms with Crippen LogP contribution in [0.3, 0.4) is 0 Å². The second-order valence-corrected chi connectivity index (χ2v) is 8.00. The number of fused-ring (bicyclic) bond motifs is 1. The summed E-state index contributed by atoms with van der Waals surface area (Å²) < 4.78 is 21.6. The fourth-order valence-corrected chi connectivity index (χ4v) is 3.81. The van der Waals surface area contributed by atoms with E-state index in [0.717, 1.165) is 4.90 Å². The van der Waals surface area contributed by atoms with Crippen LogP contribution in [0.2, 0.25) is 0 Å². The molecule has 2 N–H and O–H groups in total. The summed E-state index contributed by atoms with van der Waals surface area (Å²) in [5.41, 5.74) is 0.937. The van der Waals surface area contributed by atoms with Gasteiger partial charge in [-0.2, -0.15) is 0 Å². The number of benzene rings is 1. The van der Waals surface area contributed by atoms with E-state index in [4.69, 9.17) is 18.9 Å². The molecule has 12 nitrogen and oxygen atoms in total. The number of anilines is 1. The second-order valence-electron chi connectivity index (χ2n) is 8.00. The van der Waals surface area contributed by atoms with Gasteiger partial charge in [0.15, 0.2) is 0 Å². The number of rotatable bonds is 17. The van der Waals surface area contributed by atoms with Gasteiger partial charge in [-0.25, -0.2) is 0 Å². The summed E-state index contributed by atoms with van der Waals surface area (Å²) in [7, 11) is 0. The number of nitrogens with one attached hydrogen (secondary N) is 2. The summed E-state index contributed by atoms with van der Waals surface area (Å²) in [6.07, 6.45) is 0.190. The minimum atomic E-state index is -0.995. The predicted molar refractivity (Wildman–Crippen MR) is 129 cm³/mol. The lowest BCUT2D eigenvalue weighted by Gasteiger charge is -2.27. The summed E-state index contributed by atoms with van der Waals surface area (Å²) in [6.45, 7) is 7.98. The lowest BCUT2D eigenvalue weighted by molar-refractivity contribution is -0.136. The first kappa shape index (κ1) is 27.4. The second kappa shape index (κ2) is 14.4. The van der Waals surface area contributed by atoms with Gasteiger partial charge < -0.3 is 24.3 Å². The summed E-state index contributed by atoms with van der Waals surface area (Å²) in [6, 6.07) is 3.92. The van der Waals surface area contributed by atoms with Crippen molar-refractivity contribution in [2.45, 2.75) is 18.9 Å². The lowest BCUT2D eigenvalue weighted by atomic mass is 10.0. The van der Waals surface area contributed by atoms with Crippen LogP contribution in [0.5, 0.6) is 0 Å². The van der Waals surface area contributed by atoms with Crippen LogP contribution in [-0.2, 0) is 28.5 Å². The number of piperidine rings is 1. The minimum Gasteiger partial charge on any atom is -0.382 e. The molecule has 36 heavy (non-hydrogen) atoms. The highest BCUT2D eigenvalue weighted by atomic mass is 16.6. The van der Waals surface area contributed by atoms with Crippen molar-refractivity contribution in [1.29, 1.82) is 0 Å². The Bertz CT molecular complexity index is 954. The smallest absolute Gasteiger partial charge is 0.264 e. The Morgan fingerprint density at radius 2 is 1.56 bits per heavy atom. The van der Waals surface area contributed by atoms with Gasteiger partial charge in [0.05, 0.1) is 70.5 Å². The number of hydrogen-bond acceptors (Lipinski definition) is 10. The molecule has 0 saturated carbocycles. The van der Waals surface area contributed by atoms with Crippen molar-refractivity contribution in [3.8, 4) is 0 Å². The molecule has 1 saturated heterocycles. The third-order valence-corrected chi connectivity index (χ3v) is 5.54. The molecule has 1 unspecified atom stereocenters. The molecule has 0 radical (unpaired) electrons. The third-order valence-electron chi connectivity index (χ3n) is 5.54. The average Bonchev–Trinajstić information content (AvgIpc) is 3.12. The van der Waals surface area contributed by atoms with Crippen LogP contribution < -0.4 is 10.6 Å². The molecule has 0 spiro atoms. The quantitative estimate of drug-likeness (QED) is 0.173. The van der Waals surface area contributed by atoms with Crippen LogP contribution in [0.4, 0.5) is 5.69 Å². The minimum absolute atomic E-state index is 0.0759. The highest BCUT2D eigenvalue weighted by Gasteiger charge is 2.45. The van der Waals surface area contributed by atoms with Gasteiger partial charge in [0.2, 0.25) is 11.8 Å². The molecule has 196 valence electrons. The van der Waals surface area contributed by atoms with Crippen LogP contribution in [0.15, 0.2) is 23.2 Å². The van der Waals surface area contributed by atoms with Gasteiger partial charge in [0, 0.05) is 18.7 Å². The van der Waals surface area contributed by atoms with Gasteiger partial charge in [-0.3, -0.25) is 34.4 Å². The fourth-order valence-electron chi connectivity index (χ4n) is 3.81. The number of aliphatic imine (C=N–C) groups is 1. The Hall–Kier alpha value is -3.19. The molecule has 1 fully saturated rings. The first-order valence-electron chi connectivity index (χ1n) is 11.9. The van der Waals surface area contributed by atoms with E-state index in [-0.39, 0.29) is 24.0 Å². The monoisotopic (exact) mass is 504 g/mol. The number of hydrogen-bond donors (Lipinski definition) is 2. The Morgan fingerprint density at radius 1 is 0.917 bits per heavy atom. The normalized spacial score (nSPS) is 17.3. The van der Waals surface area contributed by atoms with Gasteiger partial charge in [-0.05, 0) is 25.3 Å². The molecule has 12 heteroatoms. The first-order valence-corrected chi connectivity index (χ1v) is 11.9. The Balaban J connectivity index is 1.32. The maximum atomic E-state index is 13.0. The molecule has 1 aromatic carbocycles. The van der Waals surface area contributed by atoms with Crippen molar-refractivity contribution >= 4 is 36.0 Å². The molecule has 2 aliphatic heterocycles. The number of ether oxygens (including phenoxy) is 4. The van der Waals surface area contributed by atoms with E-state index in [0.29, 0.717) is 71.6 Å². The third kappa shape index (κ3) is 7.40. The van der Waals surface area contributed by atoms with Crippen LogP contribution in [-0.4, -0.2) is 107 Å². The molecule has 4 amide bonds. The maximum absolute atomic E-state index is 13.0. The van der Waals surface area contributed by atoms with E-state index in [2.05, 4.69) is 22.3 Å². The van der Waals surface area contributed by atoms with E-state index < -0.39 is 29.7 Å². The standard InChI is InChI=1S/C24H32N4O8/c1-25-7-9-33-11-13-35-15-16-36-14-12-34-10-8-26-18-4-2-3-17-21(18)24(32)28(23(17)31)19-5-6-20(29)27-22(19)30/h2-4,19,26H,1,5-16H2,(H,27,29,30). The Morgan fingerprint density at radius 3 is 2.19 bits per heavy atom. The van der Waals surface area contributed by atoms with E-state index in [1.165, 1.54) is 0 Å². The van der Waals surface area contributed by atoms with Crippen LogP contribution >= 0.6 is 0 Å². The Kier molecular flexibility index (Phi) is 11.0. The van der Waals surface area contributed by atoms with Crippen molar-refractivity contribution in [2.24, 2.45) is 4.99 Å². The number of nitrogens with zero attached hydrogens (tertiary/aromatic N) is 2. The number of amides is 4. The van der Waals surface area contributed by atoms with Crippen LogP contribution in [0, 0.1) is 0 Å². The van der Waals surface area contributed by atoms with E-state index >= 15 is 0 Å². The highest BCUT2D eigenvalue weighted by Crippen LogP contribution is 2.32. The van der Waals surface area contributed by atoms with E-state index in [1.54, 1.807) is 18.2 Å².